The molecule has 0 fully saturated rings. The SMILES string of the molecule is CCSc1nsc(NC(=O)C(Sc2cccc(NC(=O)CC(C)(C)C)c2)c2ccccc2)n1. The minimum absolute atomic E-state index is 0.0287. The Morgan fingerprint density at radius 1 is 1.06 bits per heavy atom. The number of nitrogens with one attached hydrogen (secondary N) is 2. The predicted molar refractivity (Wildman–Crippen MR) is 139 cm³/mol. The summed E-state index contributed by atoms with van der Waals surface area (Å²) >= 11 is 4.15. The summed E-state index contributed by atoms with van der Waals surface area (Å²) in [6.45, 7) is 8.13. The van der Waals surface area contributed by atoms with Crippen molar-refractivity contribution in [1.29, 1.82) is 0 Å². The lowest BCUT2D eigenvalue weighted by Crippen LogP contribution is -2.20. The number of benzene rings is 2. The average molecular weight is 501 g/mol. The lowest BCUT2D eigenvalue weighted by Gasteiger charge is -2.18. The Morgan fingerprint density at radius 2 is 1.82 bits per heavy atom. The second-order valence-electron chi connectivity index (χ2n) is 8.53. The van der Waals surface area contributed by atoms with Crippen LogP contribution < -0.4 is 10.6 Å². The van der Waals surface area contributed by atoms with Gasteiger partial charge >= 0.3 is 0 Å². The van der Waals surface area contributed by atoms with Crippen LogP contribution in [0.2, 0.25) is 0 Å². The van der Waals surface area contributed by atoms with Gasteiger partial charge in [-0.25, -0.2) is 0 Å². The van der Waals surface area contributed by atoms with Crippen molar-refractivity contribution in [2.24, 2.45) is 5.41 Å². The monoisotopic (exact) mass is 500 g/mol. The Morgan fingerprint density at radius 3 is 2.52 bits per heavy atom. The molecule has 3 aromatic rings. The zero-order valence-corrected chi connectivity index (χ0v) is 21.6. The van der Waals surface area contributed by atoms with Crippen LogP contribution in [0.5, 0.6) is 0 Å². The molecule has 6 nitrogen and oxygen atoms in total. The number of nitrogens with zero attached hydrogens (tertiary/aromatic N) is 2. The molecule has 9 heteroatoms. The topological polar surface area (TPSA) is 84.0 Å². The molecule has 33 heavy (non-hydrogen) atoms. The van der Waals surface area contributed by atoms with Crippen molar-refractivity contribution in [2.45, 2.75) is 49.4 Å². The number of thioether (sulfide) groups is 2. The van der Waals surface area contributed by atoms with Gasteiger partial charge in [0.1, 0.15) is 5.25 Å². The molecule has 0 saturated heterocycles. The molecule has 0 bridgehead atoms. The summed E-state index contributed by atoms with van der Waals surface area (Å²) in [6.07, 6.45) is 0.430. The fourth-order valence-corrected chi connectivity index (χ4v) is 5.35. The van der Waals surface area contributed by atoms with E-state index in [-0.39, 0.29) is 17.2 Å². The molecular formula is C24H28N4O2S3. The molecule has 0 spiro atoms. The van der Waals surface area contributed by atoms with Crippen LogP contribution in [0.15, 0.2) is 64.6 Å². The number of hydrogen-bond donors (Lipinski definition) is 2. The third-order valence-electron chi connectivity index (χ3n) is 4.31. The molecule has 1 unspecified atom stereocenters. The minimum Gasteiger partial charge on any atom is -0.326 e. The molecule has 1 aromatic heterocycles. The number of hydrogen-bond acceptors (Lipinski definition) is 7. The Bertz CT molecular complexity index is 1080. The molecule has 0 saturated carbocycles. The summed E-state index contributed by atoms with van der Waals surface area (Å²) in [7, 11) is 0. The molecule has 0 aliphatic carbocycles. The van der Waals surface area contributed by atoms with Crippen LogP contribution in [0, 0.1) is 5.41 Å². The van der Waals surface area contributed by atoms with E-state index in [1.165, 1.54) is 35.1 Å². The fraction of sp³-hybridized carbons (Fsp3) is 0.333. The van der Waals surface area contributed by atoms with Gasteiger partial charge in [-0.05, 0) is 34.9 Å². The van der Waals surface area contributed by atoms with Gasteiger partial charge in [0.15, 0.2) is 0 Å². The number of aromatic nitrogens is 2. The van der Waals surface area contributed by atoms with E-state index in [0.29, 0.717) is 22.4 Å². The summed E-state index contributed by atoms with van der Waals surface area (Å²) in [5, 5.41) is 6.54. The zero-order chi connectivity index (χ0) is 23.8. The molecule has 2 amide bonds. The lowest BCUT2D eigenvalue weighted by atomic mass is 9.92. The van der Waals surface area contributed by atoms with E-state index >= 15 is 0 Å². The third-order valence-corrected chi connectivity index (χ3v) is 7.04. The van der Waals surface area contributed by atoms with E-state index in [2.05, 4.69) is 20.0 Å². The second kappa shape index (κ2) is 11.7. The third kappa shape index (κ3) is 8.17. The summed E-state index contributed by atoms with van der Waals surface area (Å²) < 4.78 is 4.27. The molecule has 174 valence electrons. The summed E-state index contributed by atoms with van der Waals surface area (Å²) in [4.78, 5) is 30.8. The van der Waals surface area contributed by atoms with Gasteiger partial charge in [-0.1, -0.05) is 75.9 Å². The smallest absolute Gasteiger partial charge is 0.244 e. The van der Waals surface area contributed by atoms with Crippen LogP contribution in [0.1, 0.15) is 44.9 Å². The average Bonchev–Trinajstić information content (AvgIpc) is 3.18. The number of rotatable bonds is 9. The van der Waals surface area contributed by atoms with Crippen LogP contribution >= 0.6 is 35.1 Å². The standard InChI is InChI=1S/C24H28N4O2S3/c1-5-31-23-27-22(33-28-23)26-21(30)20(16-10-7-6-8-11-16)32-18-13-9-12-17(14-18)25-19(29)15-24(2,3)4/h6-14,20H,5,15H2,1-4H3,(H,25,29)(H,26,27,28,30). The fourth-order valence-electron chi connectivity index (χ4n) is 2.99. The maximum Gasteiger partial charge on any atom is 0.244 e. The van der Waals surface area contributed by atoms with Crippen LogP contribution in [-0.4, -0.2) is 26.9 Å². The van der Waals surface area contributed by atoms with E-state index in [4.69, 9.17) is 0 Å². The first-order valence-corrected chi connectivity index (χ1v) is 13.3. The molecule has 2 aromatic carbocycles. The van der Waals surface area contributed by atoms with Gasteiger partial charge < -0.3 is 5.32 Å². The normalized spacial score (nSPS) is 12.2. The van der Waals surface area contributed by atoms with Gasteiger partial charge in [-0.15, -0.1) is 11.8 Å². The number of carbonyl (C=O) groups excluding carboxylic acids is 2. The van der Waals surface area contributed by atoms with E-state index < -0.39 is 5.25 Å². The molecule has 0 aliphatic heterocycles. The van der Waals surface area contributed by atoms with Gasteiger partial charge in [-0.3, -0.25) is 14.9 Å². The van der Waals surface area contributed by atoms with Crippen LogP contribution in [-0.2, 0) is 9.59 Å². The summed E-state index contributed by atoms with van der Waals surface area (Å²) in [6, 6.07) is 17.2. The maximum atomic E-state index is 13.2. The first-order chi connectivity index (χ1) is 15.7. The van der Waals surface area contributed by atoms with Crippen molar-refractivity contribution < 1.29 is 9.59 Å². The van der Waals surface area contributed by atoms with Crippen LogP contribution in [0.3, 0.4) is 0 Å². The van der Waals surface area contributed by atoms with Gasteiger partial charge in [0.25, 0.3) is 0 Å². The Balaban J connectivity index is 1.77. The van der Waals surface area contributed by atoms with Gasteiger partial charge in [0.2, 0.25) is 22.1 Å². The molecule has 2 N–H and O–H groups in total. The van der Waals surface area contributed by atoms with Crippen molar-refractivity contribution >= 4 is 57.7 Å². The van der Waals surface area contributed by atoms with Gasteiger partial charge in [0.05, 0.1) is 0 Å². The van der Waals surface area contributed by atoms with Crippen LogP contribution in [0.4, 0.5) is 10.8 Å². The van der Waals surface area contributed by atoms with E-state index in [0.717, 1.165) is 16.2 Å². The highest BCUT2D eigenvalue weighted by Gasteiger charge is 2.24. The zero-order valence-electron chi connectivity index (χ0n) is 19.1. The lowest BCUT2D eigenvalue weighted by molar-refractivity contribution is -0.118. The summed E-state index contributed by atoms with van der Waals surface area (Å²) in [5.74, 6) is 0.673. The quantitative estimate of drug-likeness (QED) is 0.326. The minimum atomic E-state index is -0.488. The molecule has 0 aliphatic rings. The molecule has 3 rings (SSSR count). The molecular weight excluding hydrogens is 472 g/mol. The van der Waals surface area contributed by atoms with E-state index in [1.807, 2.05) is 82.3 Å². The molecule has 0 radical (unpaired) electrons. The van der Waals surface area contributed by atoms with Crippen molar-refractivity contribution in [1.82, 2.24) is 9.36 Å². The largest absolute Gasteiger partial charge is 0.326 e. The van der Waals surface area contributed by atoms with E-state index in [9.17, 15) is 9.59 Å². The Hall–Kier alpha value is -2.36. The maximum absolute atomic E-state index is 13.2. The van der Waals surface area contributed by atoms with Crippen molar-refractivity contribution in [2.75, 3.05) is 16.4 Å². The predicted octanol–water partition coefficient (Wildman–Crippen LogP) is 6.50. The Labute approximate surface area is 207 Å². The van der Waals surface area contributed by atoms with E-state index in [1.54, 1.807) is 0 Å². The first kappa shape index (κ1) is 25.3. The van der Waals surface area contributed by atoms with Gasteiger partial charge in [-0.2, -0.15) is 9.36 Å². The van der Waals surface area contributed by atoms with Crippen LogP contribution in [0.25, 0.3) is 0 Å². The van der Waals surface area contributed by atoms with Gasteiger partial charge in [0, 0.05) is 28.5 Å². The summed E-state index contributed by atoms with van der Waals surface area (Å²) in [5.41, 5.74) is 1.51. The van der Waals surface area contributed by atoms with Crippen molar-refractivity contribution in [3.05, 3.63) is 60.2 Å². The highest BCUT2D eigenvalue weighted by atomic mass is 32.2. The highest BCUT2D eigenvalue weighted by Crippen LogP contribution is 2.37. The molecule has 1 heterocycles. The van der Waals surface area contributed by atoms with Crippen molar-refractivity contribution in [3.8, 4) is 0 Å². The number of amides is 2. The molecule has 1 atom stereocenters. The highest BCUT2D eigenvalue weighted by molar-refractivity contribution is 8.00. The Kier molecular flexibility index (Phi) is 8.94. The van der Waals surface area contributed by atoms with Crippen molar-refractivity contribution in [3.63, 3.8) is 0 Å². The first-order valence-electron chi connectivity index (χ1n) is 10.6. The number of anilines is 2. The number of carbonyl (C=O) groups is 2. The second-order valence-corrected chi connectivity index (χ2v) is 11.7.